The number of pyridine rings is 1. The van der Waals surface area contributed by atoms with Crippen LogP contribution < -0.4 is 15.5 Å². The number of anilines is 2. The molecule has 14 heteroatoms. The Labute approximate surface area is 284 Å². The number of nitriles is 1. The molecule has 1 aliphatic heterocycles. The minimum absolute atomic E-state index is 0.0705. The number of fused-ring (bicyclic) bond motifs is 1. The van der Waals surface area contributed by atoms with Gasteiger partial charge in [-0.05, 0) is 80.6 Å². The average Bonchev–Trinajstić information content (AvgIpc) is 3.96. The maximum atomic E-state index is 14.3. The molecule has 4 aromatic rings. The van der Waals surface area contributed by atoms with E-state index in [2.05, 4.69) is 26.7 Å². The van der Waals surface area contributed by atoms with Crippen molar-refractivity contribution >= 4 is 58.5 Å². The van der Waals surface area contributed by atoms with Crippen LogP contribution in [0.2, 0.25) is 10.0 Å². The predicted molar refractivity (Wildman–Crippen MR) is 174 cm³/mol. The second-order valence-corrected chi connectivity index (χ2v) is 13.5. The summed E-state index contributed by atoms with van der Waals surface area (Å²) in [5.74, 6) is -2.37. The standard InChI is InChI=1S/C34H27Cl2N7O5/c1-32(16-19-5-7-20(17-37)8-6-19)30(48)42(23-14-21(35)13-22(36)15-23)31-38-18-25(43(31)32)27(44)40-34(11-12-34)29(47)41-33(9-10-33)26-4-2-3-24(39-26)28(45)46/h2-8,13-15,18H,9-12,16H2,1H3,(H,40,44)(H,41,47)(H,45,46). The van der Waals surface area contributed by atoms with Gasteiger partial charge in [0, 0.05) is 16.5 Å². The van der Waals surface area contributed by atoms with Crippen molar-refractivity contribution in [1.82, 2.24) is 25.2 Å². The fourth-order valence-corrected chi connectivity index (χ4v) is 6.78. The predicted octanol–water partition coefficient (Wildman–Crippen LogP) is 4.86. The van der Waals surface area contributed by atoms with Crippen LogP contribution in [0.25, 0.3) is 0 Å². The van der Waals surface area contributed by atoms with Gasteiger partial charge in [0.25, 0.3) is 11.8 Å². The van der Waals surface area contributed by atoms with Crippen LogP contribution in [0.4, 0.5) is 11.6 Å². The molecule has 1 atom stereocenters. The fourth-order valence-electron chi connectivity index (χ4n) is 6.27. The Morgan fingerprint density at radius 1 is 1.00 bits per heavy atom. The summed E-state index contributed by atoms with van der Waals surface area (Å²) >= 11 is 12.6. The lowest BCUT2D eigenvalue weighted by atomic mass is 9.91. The zero-order valence-electron chi connectivity index (χ0n) is 25.5. The first kappa shape index (κ1) is 31.4. The van der Waals surface area contributed by atoms with Gasteiger partial charge in [-0.15, -0.1) is 0 Å². The summed E-state index contributed by atoms with van der Waals surface area (Å²) in [5, 5.41) is 25.2. The van der Waals surface area contributed by atoms with Gasteiger partial charge in [-0.25, -0.2) is 19.7 Å². The number of carboxylic acids is 1. The van der Waals surface area contributed by atoms with E-state index in [0.29, 0.717) is 52.7 Å². The topological polar surface area (TPSA) is 170 Å². The number of aromatic nitrogens is 3. The average molecular weight is 685 g/mol. The summed E-state index contributed by atoms with van der Waals surface area (Å²) in [6, 6.07) is 18.3. The third-order valence-electron chi connectivity index (χ3n) is 9.17. The number of hydrogen-bond acceptors (Lipinski definition) is 7. The maximum absolute atomic E-state index is 14.3. The van der Waals surface area contributed by atoms with Gasteiger partial charge < -0.3 is 15.7 Å². The summed E-state index contributed by atoms with van der Waals surface area (Å²) in [7, 11) is 0. The number of rotatable bonds is 9. The number of carbonyl (C=O) groups excluding carboxylic acids is 3. The highest BCUT2D eigenvalue weighted by atomic mass is 35.5. The monoisotopic (exact) mass is 683 g/mol. The van der Waals surface area contributed by atoms with Gasteiger partial charge in [0.1, 0.15) is 22.5 Å². The zero-order chi connectivity index (χ0) is 34.0. The zero-order valence-corrected chi connectivity index (χ0v) is 27.0. The van der Waals surface area contributed by atoms with Crippen molar-refractivity contribution in [3.05, 3.63) is 105 Å². The van der Waals surface area contributed by atoms with Crippen molar-refractivity contribution in [2.75, 3.05) is 4.90 Å². The van der Waals surface area contributed by atoms with Crippen molar-refractivity contribution < 1.29 is 24.3 Å². The Balaban J connectivity index is 1.20. The van der Waals surface area contributed by atoms with Crippen LogP contribution in [0.15, 0.2) is 66.9 Å². The summed E-state index contributed by atoms with van der Waals surface area (Å²) in [6.07, 6.45) is 3.45. The number of carboxylic acid groups (broad SMARTS) is 1. The molecule has 3 N–H and O–H groups in total. The number of imidazole rings is 1. The molecule has 7 rings (SSSR count). The van der Waals surface area contributed by atoms with Crippen LogP contribution in [-0.4, -0.2) is 48.9 Å². The first-order valence-electron chi connectivity index (χ1n) is 15.1. The number of amides is 3. The molecule has 0 saturated heterocycles. The second-order valence-electron chi connectivity index (χ2n) is 12.6. The second kappa shape index (κ2) is 11.2. The van der Waals surface area contributed by atoms with Crippen molar-refractivity contribution in [3.63, 3.8) is 0 Å². The van der Waals surface area contributed by atoms with Crippen molar-refractivity contribution in [3.8, 4) is 6.07 Å². The minimum atomic E-state index is -1.35. The highest BCUT2D eigenvalue weighted by Crippen LogP contribution is 2.47. The smallest absolute Gasteiger partial charge is 0.354 e. The number of halogens is 2. The lowest BCUT2D eigenvalue weighted by Crippen LogP contribution is -2.52. The van der Waals surface area contributed by atoms with E-state index in [-0.39, 0.29) is 29.7 Å². The molecule has 2 aromatic heterocycles. The highest BCUT2D eigenvalue weighted by molar-refractivity contribution is 6.35. The fraction of sp³-hybridized carbons (Fsp3) is 0.265. The van der Waals surface area contributed by atoms with Crippen LogP contribution in [0.1, 0.15) is 70.4 Å². The molecule has 0 spiro atoms. The molecule has 0 bridgehead atoms. The molecule has 242 valence electrons. The number of nitrogens with one attached hydrogen (secondary N) is 2. The van der Waals surface area contributed by atoms with Gasteiger partial charge in [0.15, 0.2) is 0 Å². The third kappa shape index (κ3) is 5.25. The molecule has 2 saturated carbocycles. The molecular weight excluding hydrogens is 657 g/mol. The first-order chi connectivity index (χ1) is 22.9. The van der Waals surface area contributed by atoms with Gasteiger partial charge in [-0.2, -0.15) is 5.26 Å². The Hall–Kier alpha value is -5.25. The van der Waals surface area contributed by atoms with Gasteiger partial charge in [-0.3, -0.25) is 19.0 Å². The van der Waals surface area contributed by atoms with Crippen molar-refractivity contribution in [2.45, 2.75) is 55.6 Å². The lowest BCUT2D eigenvalue weighted by molar-refractivity contribution is -0.125. The number of hydrogen-bond donors (Lipinski definition) is 3. The molecule has 1 unspecified atom stereocenters. The maximum Gasteiger partial charge on any atom is 0.354 e. The third-order valence-corrected chi connectivity index (χ3v) is 9.61. The first-order valence-corrected chi connectivity index (χ1v) is 15.9. The van der Waals surface area contributed by atoms with Gasteiger partial charge in [0.2, 0.25) is 11.9 Å². The van der Waals surface area contributed by atoms with Crippen LogP contribution in [0, 0.1) is 11.3 Å². The quantitative estimate of drug-likeness (QED) is 0.225. The van der Waals surface area contributed by atoms with Crippen molar-refractivity contribution in [2.24, 2.45) is 0 Å². The molecule has 2 fully saturated rings. The van der Waals surface area contributed by atoms with E-state index in [0.717, 1.165) is 5.56 Å². The summed E-state index contributed by atoms with van der Waals surface area (Å²) < 4.78 is 1.56. The normalized spacial score (nSPS) is 19.6. The molecular formula is C34H27Cl2N7O5. The van der Waals surface area contributed by atoms with E-state index < -0.39 is 34.4 Å². The van der Waals surface area contributed by atoms with Gasteiger partial charge in [0.05, 0.1) is 34.7 Å². The number of carbonyl (C=O) groups is 4. The summed E-state index contributed by atoms with van der Waals surface area (Å²) in [4.78, 5) is 63.6. The molecule has 0 radical (unpaired) electrons. The van der Waals surface area contributed by atoms with E-state index in [1.54, 1.807) is 66.1 Å². The molecule has 48 heavy (non-hydrogen) atoms. The van der Waals surface area contributed by atoms with Crippen LogP contribution in [0.3, 0.4) is 0 Å². The van der Waals surface area contributed by atoms with E-state index in [4.69, 9.17) is 23.2 Å². The summed E-state index contributed by atoms with van der Waals surface area (Å²) in [5.41, 5.74) is -1.38. The van der Waals surface area contributed by atoms with Crippen LogP contribution in [-0.2, 0) is 27.1 Å². The number of aromatic carboxylic acids is 1. The SMILES string of the molecule is CC1(Cc2ccc(C#N)cc2)C(=O)N(c2cc(Cl)cc(Cl)c2)c2ncc(C(=O)NC3(C(=O)NC4(c5cccc(C(=O)O)n5)CC4)CC3)n21. The van der Waals surface area contributed by atoms with Gasteiger partial charge >= 0.3 is 5.97 Å². The van der Waals surface area contributed by atoms with E-state index in [1.807, 2.05) is 0 Å². The molecule has 2 aliphatic carbocycles. The molecule has 3 heterocycles. The number of benzene rings is 2. The Bertz CT molecular complexity index is 2060. The lowest BCUT2D eigenvalue weighted by Gasteiger charge is -2.27. The largest absolute Gasteiger partial charge is 0.477 e. The van der Waals surface area contributed by atoms with E-state index in [1.165, 1.54) is 17.2 Å². The highest BCUT2D eigenvalue weighted by Gasteiger charge is 2.57. The van der Waals surface area contributed by atoms with Crippen molar-refractivity contribution in [1.29, 1.82) is 5.26 Å². The Kier molecular flexibility index (Phi) is 7.30. The molecule has 3 amide bonds. The number of nitrogens with zero attached hydrogens (tertiary/aromatic N) is 5. The molecule has 12 nitrogen and oxygen atoms in total. The summed E-state index contributed by atoms with van der Waals surface area (Å²) in [6.45, 7) is 1.70. The minimum Gasteiger partial charge on any atom is -0.477 e. The Morgan fingerprint density at radius 3 is 2.29 bits per heavy atom. The van der Waals surface area contributed by atoms with Crippen LogP contribution >= 0.6 is 23.2 Å². The van der Waals surface area contributed by atoms with Crippen LogP contribution in [0.5, 0.6) is 0 Å². The molecule has 3 aliphatic rings. The van der Waals surface area contributed by atoms with E-state index in [9.17, 15) is 29.5 Å². The Morgan fingerprint density at radius 2 is 1.69 bits per heavy atom. The van der Waals surface area contributed by atoms with Gasteiger partial charge in [-0.1, -0.05) is 41.4 Å². The molecule has 2 aromatic carbocycles. The van der Waals surface area contributed by atoms with E-state index >= 15 is 0 Å².